The Hall–Kier alpha value is -5.49. The van der Waals surface area contributed by atoms with Crippen LogP contribution >= 0.6 is 0 Å². The van der Waals surface area contributed by atoms with Crippen molar-refractivity contribution in [1.82, 2.24) is 9.80 Å². The monoisotopic (exact) mass is 1290 g/mol. The molecule has 0 saturated carbocycles. The molecule has 2 amide bonds. The third-order valence-electron chi connectivity index (χ3n) is 15.0. The first kappa shape index (κ1) is 66.6. The molecule has 4 aromatic carbocycles. The first-order valence-corrected chi connectivity index (χ1v) is 27.7. The second-order valence-electron chi connectivity index (χ2n) is 23.2. The van der Waals surface area contributed by atoms with Crippen LogP contribution in [0.15, 0.2) is 60.7 Å². The molecule has 2 fully saturated rings. The number of aryl methyl sites for hydroxylation is 2. The maximum absolute atomic E-state index is 13.0. The summed E-state index contributed by atoms with van der Waals surface area (Å²) in [6.45, 7) is 13.1. The van der Waals surface area contributed by atoms with Crippen molar-refractivity contribution in [2.24, 2.45) is 11.8 Å². The van der Waals surface area contributed by atoms with Crippen molar-refractivity contribution in [3.63, 3.8) is 0 Å². The molecule has 3 N–H and O–H groups in total. The van der Waals surface area contributed by atoms with Crippen molar-refractivity contribution in [2.75, 3.05) is 32.9 Å². The summed E-state index contributed by atoms with van der Waals surface area (Å²) < 4.78 is 27.8. The van der Waals surface area contributed by atoms with E-state index in [1.54, 1.807) is 72.6 Å². The fraction of sp³-hybridized carbons (Fsp3) is 0.460. The number of likely N-dealkylation sites (tertiary alicyclic amines) is 2. The van der Waals surface area contributed by atoms with Crippen LogP contribution < -0.4 is 9.47 Å². The van der Waals surface area contributed by atoms with E-state index in [1.165, 1.54) is 9.80 Å². The summed E-state index contributed by atoms with van der Waals surface area (Å²) in [6.07, 6.45) is 7.55. The van der Waals surface area contributed by atoms with Crippen LogP contribution in [0.25, 0.3) is 22.3 Å². The quantitative estimate of drug-likeness (QED) is 0.0547. The fourth-order valence-electron chi connectivity index (χ4n) is 11.0. The molecule has 4 atom stereocenters. The fourth-order valence-corrected chi connectivity index (χ4v) is 11.0. The Morgan fingerprint density at radius 2 is 1.02 bits per heavy atom. The van der Waals surface area contributed by atoms with E-state index < -0.39 is 54.0 Å². The van der Waals surface area contributed by atoms with E-state index in [4.69, 9.17) is 33.9 Å². The number of nitrogens with zero attached hydrogens (tertiary/aromatic N) is 2. The maximum atomic E-state index is 13.0. The molecule has 0 spiro atoms. The number of esters is 1. The number of Topliss-reactive ketones (excluding diaryl/α,β-unsaturated/α-hetero) is 4. The van der Waals surface area contributed by atoms with Gasteiger partial charge in [0.2, 0.25) is 0 Å². The Bertz CT molecular complexity index is 3130. The number of amides is 2. The molecule has 10 rings (SSSR count). The minimum Gasteiger partial charge on any atom is -0.490 e. The number of ether oxygens (including phenoxy) is 5. The number of hydrogen-bond donors (Lipinski definition) is 3. The number of carboxylic acids is 1. The van der Waals surface area contributed by atoms with E-state index in [9.17, 15) is 43.5 Å². The van der Waals surface area contributed by atoms with Crippen molar-refractivity contribution in [3.05, 3.63) is 118 Å². The van der Waals surface area contributed by atoms with Crippen LogP contribution in [0.2, 0.25) is 0 Å². The molecule has 0 aromatic heterocycles. The second-order valence-corrected chi connectivity index (χ2v) is 23.2. The summed E-state index contributed by atoms with van der Waals surface area (Å²) >= 11 is 0. The number of aliphatic hydroxyl groups excluding tert-OH is 2. The minimum absolute atomic E-state index is 0. The summed E-state index contributed by atoms with van der Waals surface area (Å²) in [5, 5.41) is 27.3. The van der Waals surface area contributed by atoms with Gasteiger partial charge in [-0.05, 0) is 113 Å². The van der Waals surface area contributed by atoms with Gasteiger partial charge >= 0.3 is 24.1 Å². The number of carbonyl (C=O) groups excluding carboxylic acids is 7. The van der Waals surface area contributed by atoms with Crippen molar-refractivity contribution >= 4 is 47.3 Å². The average molecular weight is 1290 g/mol. The molecule has 0 unspecified atom stereocenters. The molecule has 83 heavy (non-hydrogen) atoms. The third-order valence-corrected chi connectivity index (χ3v) is 15.0. The number of fused-ring (bicyclic) bond motifs is 8. The van der Waals surface area contributed by atoms with Crippen LogP contribution in [0.1, 0.15) is 157 Å². The summed E-state index contributed by atoms with van der Waals surface area (Å²) in [7, 11) is 0. The Morgan fingerprint density at radius 3 is 1.45 bits per heavy atom. The summed E-state index contributed by atoms with van der Waals surface area (Å²) in [5.74, 6) is -0.472. The van der Waals surface area contributed by atoms with Gasteiger partial charge in [0.25, 0.3) is 0 Å². The Morgan fingerprint density at radius 1 is 0.590 bits per heavy atom. The number of rotatable bonds is 11. The molecule has 2 radical (unpaired) electrons. The van der Waals surface area contributed by atoms with E-state index in [1.807, 2.05) is 43.3 Å². The molecule has 20 heteroatoms. The van der Waals surface area contributed by atoms with Crippen LogP contribution in [-0.2, 0) is 115 Å². The molecular weight excluding hydrogens is 1220 g/mol. The van der Waals surface area contributed by atoms with E-state index in [0.29, 0.717) is 68.6 Å². The van der Waals surface area contributed by atoms with Crippen LogP contribution in [0, 0.1) is 24.7 Å². The number of aliphatic hydroxyl groups is 2. The largest absolute Gasteiger partial charge is 0.490 e. The number of carbonyl (C=O) groups is 8. The van der Waals surface area contributed by atoms with Crippen LogP contribution in [0.4, 0.5) is 9.59 Å². The molecule has 6 aliphatic rings. The predicted molar refractivity (Wildman–Crippen MR) is 297 cm³/mol. The van der Waals surface area contributed by atoms with Crippen molar-refractivity contribution < 1.29 is 143 Å². The van der Waals surface area contributed by atoms with Crippen LogP contribution in [0.5, 0.6) is 11.5 Å². The van der Waals surface area contributed by atoms with Gasteiger partial charge in [-0.3, -0.25) is 19.4 Å². The molecule has 18 nitrogen and oxygen atoms in total. The van der Waals surface area contributed by atoms with Gasteiger partial charge in [0.15, 0.2) is 18.2 Å². The molecular formula is C63H72N2O16Y2-2. The standard InChI is InChI=1S/C31H34NO8.C20H17O3.C12H21NO5.2Y/c1-31(2,3)40-30(37)32-15-18(9-10-33)11-25(32)29(36)39-17-27(35)20-7-8-22-21(12-20)16-38-28-14-23-19(13-24(22)28)5-4-6-26(23)34;1-2-18(21)13-6-7-15-14(8-13)11-23-20-10-16-12(9-17(15)20)4-3-5-19(16)22;1-12(2,3)18-11(17)13-7-8(4-5-14)6-9(13)10(15)16;;/h6-8,12-14,18,25,33H,4-5,9-11,15-17H2,1-3H3;5-10H,2-4,11H2,1H3;8-9,14H,4-7H2,1-3H3,(H,15,16);;/q2*-1;;;/t18-,25-;;8-,9-;;/m0.0../s1. The average Bonchev–Trinajstić information content (AvgIpc) is 4.25. The van der Waals surface area contributed by atoms with E-state index >= 15 is 0 Å². The molecule has 2 saturated heterocycles. The van der Waals surface area contributed by atoms with Crippen molar-refractivity contribution in [2.45, 2.75) is 143 Å². The number of benzene rings is 4. The SMILES string of the molecule is CC(C)(C)OC(=O)N1C[C@@H](CCO)C[C@H]1C(=O)O.CC(C)(C)OC(=O)N1C[C@@H](CCO)C[C@H]1C(=O)OCC(=O)c1ccc2c(c1)COc1cc3c(cc1-2)CC[CH-]C3=O.CCC(=O)c1ccc2c(c1)COc1cc3c(cc1-2)CC[CH-]C3=O.[Y].[Y]. The zero-order chi connectivity index (χ0) is 58.5. The van der Waals surface area contributed by atoms with Gasteiger partial charge in [0.1, 0.15) is 48.0 Å². The Balaban J connectivity index is 0.000000218. The van der Waals surface area contributed by atoms with E-state index in [2.05, 4.69) is 6.07 Å². The first-order valence-electron chi connectivity index (χ1n) is 27.7. The van der Waals surface area contributed by atoms with Gasteiger partial charge < -0.3 is 48.6 Å². The minimum atomic E-state index is -1.03. The van der Waals surface area contributed by atoms with Crippen molar-refractivity contribution in [1.29, 1.82) is 0 Å². The number of aliphatic carboxylic acids is 1. The normalized spacial score (nSPS) is 18.8. The molecule has 438 valence electrons. The smallest absolute Gasteiger partial charge is 0.411 e. The van der Waals surface area contributed by atoms with Gasteiger partial charge in [-0.1, -0.05) is 81.1 Å². The first-order chi connectivity index (χ1) is 38.4. The van der Waals surface area contributed by atoms with Gasteiger partial charge in [0.05, 0.1) is 0 Å². The topological polar surface area (TPSA) is 250 Å². The summed E-state index contributed by atoms with van der Waals surface area (Å²) in [4.78, 5) is 100. The second kappa shape index (κ2) is 28.6. The van der Waals surface area contributed by atoms with Gasteiger partial charge in [-0.25, -0.2) is 19.2 Å². The van der Waals surface area contributed by atoms with E-state index in [-0.39, 0.29) is 127 Å². The zero-order valence-electron chi connectivity index (χ0n) is 48.2. The number of hydrogen-bond acceptors (Lipinski definition) is 15. The molecule has 4 aromatic rings. The predicted octanol–water partition coefficient (Wildman–Crippen LogP) is 9.56. The molecule has 4 heterocycles. The van der Waals surface area contributed by atoms with Crippen LogP contribution in [-0.4, -0.2) is 129 Å². The Labute approximate surface area is 534 Å². The number of carboxylic acid groups (broad SMARTS) is 1. The Kier molecular flexibility index (Phi) is 23.0. The van der Waals surface area contributed by atoms with Gasteiger partial charge in [-0.2, -0.15) is 12.8 Å². The summed E-state index contributed by atoms with van der Waals surface area (Å²) in [5.41, 5.74) is 9.07. The van der Waals surface area contributed by atoms with E-state index in [0.717, 1.165) is 80.6 Å². The van der Waals surface area contributed by atoms with Gasteiger partial charge in [-0.15, -0.1) is 22.3 Å². The van der Waals surface area contributed by atoms with Crippen LogP contribution in [0.3, 0.4) is 0 Å². The molecule has 2 aliphatic carbocycles. The summed E-state index contributed by atoms with van der Waals surface area (Å²) in [6, 6.07) is 17.1. The van der Waals surface area contributed by atoms with Crippen molar-refractivity contribution in [3.8, 4) is 33.8 Å². The third kappa shape index (κ3) is 16.3. The molecule has 4 aliphatic heterocycles. The van der Waals surface area contributed by atoms with Gasteiger partial charge in [0, 0.05) is 132 Å². The maximum Gasteiger partial charge on any atom is 0.411 e. The zero-order valence-corrected chi connectivity index (χ0v) is 53.9. The molecule has 0 bridgehead atoms. The number of ketones is 4.